The highest BCUT2D eigenvalue weighted by atomic mass is 35.5. The molecule has 2 unspecified atom stereocenters. The molecule has 5 aromatic carbocycles. The number of halogens is 1. The number of nitrogens with one attached hydrogen (secondary N) is 4. The van der Waals surface area contributed by atoms with Crippen LogP contribution >= 0.6 is 11.6 Å². The van der Waals surface area contributed by atoms with Crippen LogP contribution in [0.4, 0.5) is 0 Å². The lowest BCUT2D eigenvalue weighted by atomic mass is 9.95. The van der Waals surface area contributed by atoms with Crippen molar-refractivity contribution in [2.24, 2.45) is 0 Å². The van der Waals surface area contributed by atoms with E-state index in [1.807, 2.05) is 114 Å². The van der Waals surface area contributed by atoms with Gasteiger partial charge in [0.1, 0.15) is 17.4 Å². The summed E-state index contributed by atoms with van der Waals surface area (Å²) in [7, 11) is 0. The van der Waals surface area contributed by atoms with E-state index in [9.17, 15) is 28.8 Å². The molecule has 0 spiro atoms. The molecule has 9 aromatic rings. The number of aromatic amines is 2. The Morgan fingerprint density at radius 3 is 1.70 bits per heavy atom. The van der Waals surface area contributed by atoms with Gasteiger partial charge in [0.25, 0.3) is 23.6 Å². The maximum atomic E-state index is 13.2. The van der Waals surface area contributed by atoms with Crippen molar-refractivity contribution in [1.82, 2.24) is 29.7 Å². The SMILES string of the molecule is CC(=O)O[C@H]1C=CC(n2c(Cl)c(C3=C(c4c[nH]c5ccccc45)C(=O)NC3=O)c3ccccc32)CC1.CC(=O)O[C@H]1C=CC(n2c3ccccc3c3c4c(c5c6ccccc6[nH]c5c32)C(=O)NC4=O)CC1. The first-order valence-corrected chi connectivity index (χ1v) is 23.9. The molecule has 2 aliphatic heterocycles. The van der Waals surface area contributed by atoms with Crippen LogP contribution in [0.2, 0.25) is 5.15 Å². The molecule has 15 heteroatoms. The summed E-state index contributed by atoms with van der Waals surface area (Å²) >= 11 is 7.05. The van der Waals surface area contributed by atoms with Gasteiger partial charge in [0.05, 0.1) is 50.9 Å². The average Bonchev–Trinajstić information content (AvgIpc) is 4.21. The van der Waals surface area contributed by atoms with Crippen molar-refractivity contribution in [2.45, 2.75) is 63.8 Å². The van der Waals surface area contributed by atoms with Crippen molar-refractivity contribution in [3.63, 3.8) is 0 Å². The first-order chi connectivity index (χ1) is 34.5. The van der Waals surface area contributed by atoms with Gasteiger partial charge in [-0.25, -0.2) is 0 Å². The normalized spacial score (nSPS) is 19.8. The van der Waals surface area contributed by atoms with E-state index in [1.54, 1.807) is 6.20 Å². The molecule has 2 aliphatic carbocycles. The van der Waals surface area contributed by atoms with E-state index in [1.165, 1.54) is 13.8 Å². The van der Waals surface area contributed by atoms with Crippen molar-refractivity contribution < 1.29 is 38.2 Å². The van der Waals surface area contributed by atoms with Crippen LogP contribution in [0.15, 0.2) is 128 Å². The second-order valence-electron chi connectivity index (χ2n) is 18.3. The lowest BCUT2D eigenvalue weighted by Gasteiger charge is -2.25. The number of carbonyl (C=O) groups is 6. The largest absolute Gasteiger partial charge is 0.458 e. The number of fused-ring (bicyclic) bond motifs is 12. The number of H-pyrrole nitrogens is 2. The molecule has 6 heterocycles. The van der Waals surface area contributed by atoms with Gasteiger partial charge in [0.15, 0.2) is 0 Å². The number of rotatable bonds is 6. The van der Waals surface area contributed by atoms with Crippen molar-refractivity contribution in [3.05, 3.63) is 155 Å². The van der Waals surface area contributed by atoms with Crippen LogP contribution in [0.25, 0.3) is 76.6 Å². The van der Waals surface area contributed by atoms with Crippen LogP contribution in [0.3, 0.4) is 0 Å². The first kappa shape index (κ1) is 43.8. The van der Waals surface area contributed by atoms with Gasteiger partial charge in [0, 0.05) is 80.0 Å². The Hall–Kier alpha value is -8.49. The second-order valence-corrected chi connectivity index (χ2v) is 18.6. The summed E-state index contributed by atoms with van der Waals surface area (Å²) in [6, 6.07) is 31.1. The van der Waals surface area contributed by atoms with Gasteiger partial charge in [-0.2, -0.15) is 0 Å². The van der Waals surface area contributed by atoms with Gasteiger partial charge in [-0.3, -0.25) is 39.4 Å². The number of para-hydroxylation sites is 4. The van der Waals surface area contributed by atoms with Crippen LogP contribution in [-0.4, -0.2) is 66.9 Å². The minimum atomic E-state index is -0.473. The summed E-state index contributed by atoms with van der Waals surface area (Å²) in [4.78, 5) is 82.0. The molecule has 352 valence electrons. The highest BCUT2D eigenvalue weighted by Gasteiger charge is 2.39. The second kappa shape index (κ2) is 16.9. The zero-order valence-electron chi connectivity index (χ0n) is 38.3. The van der Waals surface area contributed by atoms with Crippen molar-refractivity contribution >= 4 is 124 Å². The molecule has 13 rings (SSSR count). The number of hydrogen-bond acceptors (Lipinski definition) is 8. The highest BCUT2D eigenvalue weighted by Crippen LogP contribution is 2.47. The third kappa shape index (κ3) is 6.99. The number of hydrogen-bond donors (Lipinski definition) is 4. The van der Waals surface area contributed by atoms with Crippen LogP contribution < -0.4 is 10.6 Å². The molecule has 4 amide bonds. The Kier molecular flexibility index (Phi) is 10.4. The van der Waals surface area contributed by atoms with E-state index in [0.29, 0.717) is 52.2 Å². The molecule has 0 bridgehead atoms. The van der Waals surface area contributed by atoms with Gasteiger partial charge in [-0.1, -0.05) is 96.5 Å². The number of ether oxygens (including phenoxy) is 2. The summed E-state index contributed by atoms with van der Waals surface area (Å²) in [6.45, 7) is 2.82. The van der Waals surface area contributed by atoms with Crippen LogP contribution in [0, 0.1) is 0 Å². The number of allylic oxidation sites excluding steroid dienone is 2. The summed E-state index contributed by atoms with van der Waals surface area (Å²) < 4.78 is 15.0. The van der Waals surface area contributed by atoms with Gasteiger partial charge in [-0.15, -0.1) is 0 Å². The zero-order chi connectivity index (χ0) is 48.8. The Labute approximate surface area is 408 Å². The molecular formula is C56H43ClN6O8. The molecule has 4 aromatic heterocycles. The van der Waals surface area contributed by atoms with Crippen LogP contribution in [0.5, 0.6) is 0 Å². The van der Waals surface area contributed by atoms with Crippen molar-refractivity contribution in [2.75, 3.05) is 0 Å². The standard InChI is InChI=1S/C28H22ClN3O4.C28H21N3O4/c1-15(33)36-17-12-10-16(11-13-17)32-22-9-5-3-7-19(22)23(26(32)29)25-24(27(34)31-28(25)35)20-14-30-21-8-4-2-6-18(20)21;1-14(32)35-16-12-10-15(11-13-16)31-20-9-5-3-7-18(20)22-24-23(27(33)30-28(24)34)21-17-6-2-4-8-19(17)29-25(21)26(22)31/h2-10,12,14,16-17,30H,11,13H2,1H3,(H,31,34,35);2-10,12,15-16,29H,11,13H2,1H3,(H,30,33,34)/t16?,17-;15?,16-/m00/s1. The summed E-state index contributed by atoms with van der Waals surface area (Å²) in [5.74, 6) is -2.25. The number of carbonyl (C=O) groups excluding carboxylic acids is 6. The van der Waals surface area contributed by atoms with Gasteiger partial charge in [-0.05, 0) is 62.1 Å². The Bertz CT molecular complexity index is 3940. The molecule has 0 saturated carbocycles. The number of esters is 2. The maximum absolute atomic E-state index is 13.2. The molecule has 0 saturated heterocycles. The molecule has 71 heavy (non-hydrogen) atoms. The Morgan fingerprint density at radius 1 is 0.549 bits per heavy atom. The van der Waals surface area contributed by atoms with Crippen LogP contribution in [-0.2, 0) is 28.7 Å². The van der Waals surface area contributed by atoms with E-state index in [-0.39, 0.29) is 53.6 Å². The topological polar surface area (TPSA) is 186 Å². The van der Waals surface area contributed by atoms with Gasteiger partial charge in [0.2, 0.25) is 0 Å². The highest BCUT2D eigenvalue weighted by molar-refractivity contribution is 6.52. The third-order valence-electron chi connectivity index (χ3n) is 14.1. The fourth-order valence-corrected chi connectivity index (χ4v) is 11.7. The molecule has 4 aliphatic rings. The molecular weight excluding hydrogens is 920 g/mol. The lowest BCUT2D eigenvalue weighted by molar-refractivity contribution is -0.145. The Balaban J connectivity index is 0.000000146. The van der Waals surface area contributed by atoms with Crippen molar-refractivity contribution in [1.29, 1.82) is 0 Å². The molecule has 4 atom stereocenters. The van der Waals surface area contributed by atoms with Crippen molar-refractivity contribution in [3.8, 4) is 0 Å². The molecule has 0 fully saturated rings. The van der Waals surface area contributed by atoms with E-state index in [4.69, 9.17) is 21.1 Å². The third-order valence-corrected chi connectivity index (χ3v) is 14.4. The van der Waals surface area contributed by atoms with E-state index in [0.717, 1.165) is 71.8 Å². The predicted molar refractivity (Wildman–Crippen MR) is 272 cm³/mol. The maximum Gasteiger partial charge on any atom is 0.303 e. The number of benzene rings is 5. The molecule has 4 N–H and O–H groups in total. The summed E-state index contributed by atoms with van der Waals surface area (Å²) in [6.07, 6.45) is 12.0. The minimum absolute atomic E-state index is 0.00274. The smallest absolute Gasteiger partial charge is 0.303 e. The molecule has 0 radical (unpaired) electrons. The quantitative estimate of drug-likeness (QED) is 0.0720. The first-order valence-electron chi connectivity index (χ1n) is 23.5. The van der Waals surface area contributed by atoms with E-state index >= 15 is 0 Å². The average molecular weight is 963 g/mol. The zero-order valence-corrected chi connectivity index (χ0v) is 39.1. The number of amides is 4. The van der Waals surface area contributed by atoms with E-state index < -0.39 is 11.8 Å². The summed E-state index contributed by atoms with van der Waals surface area (Å²) in [5, 5.41) is 10.4. The van der Waals surface area contributed by atoms with Gasteiger partial charge < -0.3 is 28.6 Å². The lowest BCUT2D eigenvalue weighted by Crippen LogP contribution is -2.22. The summed E-state index contributed by atoms with van der Waals surface area (Å²) in [5.41, 5.74) is 8.01. The Morgan fingerprint density at radius 2 is 1.07 bits per heavy atom. The fourth-order valence-electron chi connectivity index (χ4n) is 11.3. The van der Waals surface area contributed by atoms with Crippen LogP contribution in [0.1, 0.15) is 83.5 Å². The fraction of sp³-hybridized carbons (Fsp3) is 0.179. The number of imide groups is 2. The predicted octanol–water partition coefficient (Wildman–Crippen LogP) is 10.3. The minimum Gasteiger partial charge on any atom is -0.458 e. The number of nitrogens with zero attached hydrogens (tertiary/aromatic N) is 2. The number of aromatic nitrogens is 4. The molecule has 14 nitrogen and oxygen atoms in total. The monoisotopic (exact) mass is 962 g/mol. The van der Waals surface area contributed by atoms with E-state index in [2.05, 4.69) is 37.3 Å². The van der Waals surface area contributed by atoms with Gasteiger partial charge >= 0.3 is 11.9 Å².